The van der Waals surface area contributed by atoms with Gasteiger partial charge in [0.25, 0.3) is 0 Å². The van der Waals surface area contributed by atoms with Crippen molar-refractivity contribution >= 4 is 40.0 Å². The maximum Gasteiger partial charge on any atom is 0.336 e. The summed E-state index contributed by atoms with van der Waals surface area (Å²) in [6.45, 7) is 5.87. The largest absolute Gasteiger partial charge is 0.478 e. The first-order valence-electron chi connectivity index (χ1n) is 10.2. The van der Waals surface area contributed by atoms with E-state index in [4.69, 9.17) is 16.6 Å². The second kappa shape index (κ2) is 8.43. The molecule has 6 nitrogen and oxygen atoms in total. The number of fused-ring (bicyclic) bond motifs is 2. The Kier molecular flexibility index (Phi) is 5.67. The molecule has 32 heavy (non-hydrogen) atoms. The van der Waals surface area contributed by atoms with Gasteiger partial charge in [0.15, 0.2) is 10.5 Å². The maximum absolute atomic E-state index is 12.2. The van der Waals surface area contributed by atoms with Crippen LogP contribution < -0.4 is 16.1 Å². The number of carboxylic acids is 1. The van der Waals surface area contributed by atoms with Gasteiger partial charge in [0.05, 0.1) is 5.56 Å². The predicted molar refractivity (Wildman–Crippen MR) is 131 cm³/mol. The molecule has 0 spiro atoms. The van der Waals surface area contributed by atoms with Crippen molar-refractivity contribution in [2.75, 3.05) is 5.32 Å². The minimum Gasteiger partial charge on any atom is -0.478 e. The second-order valence-corrected chi connectivity index (χ2v) is 8.36. The zero-order valence-electron chi connectivity index (χ0n) is 17.9. The Morgan fingerprint density at radius 2 is 1.78 bits per heavy atom. The van der Waals surface area contributed by atoms with Gasteiger partial charge in [0.2, 0.25) is 0 Å². The number of aromatic carboxylic acids is 1. The standard InChI is InChI=1S/C25H22N2O4S/c1-13(2)26-25(32)27-15-5-8-17(20(11-15)24(29)30)23-18-7-4-14(3)10-21(18)31-22-12-16(28)6-9-19(22)23/h4-13H,1-3H3,(H,29,30)(H2,26,27,32). The highest BCUT2D eigenvalue weighted by Gasteiger charge is 2.22. The van der Waals surface area contributed by atoms with Crippen molar-refractivity contribution in [2.45, 2.75) is 26.8 Å². The number of hydrogen-bond donors (Lipinski definition) is 3. The third-order valence-electron chi connectivity index (χ3n) is 5.05. The van der Waals surface area contributed by atoms with Crippen LogP contribution in [0.1, 0.15) is 29.8 Å². The summed E-state index contributed by atoms with van der Waals surface area (Å²) in [7, 11) is 0. The van der Waals surface area contributed by atoms with Gasteiger partial charge in [-0.15, -0.1) is 0 Å². The van der Waals surface area contributed by atoms with Crippen LogP contribution in [0, 0.1) is 6.92 Å². The number of hydrogen-bond acceptors (Lipinski definition) is 4. The van der Waals surface area contributed by atoms with E-state index in [1.165, 1.54) is 12.1 Å². The van der Waals surface area contributed by atoms with E-state index in [1.807, 2.05) is 39.0 Å². The Morgan fingerprint density at radius 3 is 2.50 bits per heavy atom. The maximum atomic E-state index is 12.2. The van der Waals surface area contributed by atoms with E-state index >= 15 is 0 Å². The van der Waals surface area contributed by atoms with Gasteiger partial charge in [-0.2, -0.15) is 0 Å². The van der Waals surface area contributed by atoms with E-state index < -0.39 is 5.97 Å². The number of thiocarbonyl (C=S) groups is 1. The van der Waals surface area contributed by atoms with E-state index in [9.17, 15) is 14.7 Å². The Labute approximate surface area is 190 Å². The van der Waals surface area contributed by atoms with Crippen molar-refractivity contribution in [3.8, 4) is 22.5 Å². The van der Waals surface area contributed by atoms with Crippen LogP contribution in [0.2, 0.25) is 0 Å². The van der Waals surface area contributed by atoms with Crippen molar-refractivity contribution in [1.82, 2.24) is 5.32 Å². The van der Waals surface area contributed by atoms with Crippen molar-refractivity contribution < 1.29 is 14.3 Å². The number of benzene rings is 3. The lowest BCUT2D eigenvalue weighted by molar-refractivity contribution is 0.0698. The summed E-state index contributed by atoms with van der Waals surface area (Å²) in [5, 5.41) is 17.3. The van der Waals surface area contributed by atoms with Crippen molar-refractivity contribution in [2.24, 2.45) is 0 Å². The molecule has 4 rings (SSSR count). The number of anilines is 1. The van der Waals surface area contributed by atoms with Gasteiger partial charge in [-0.3, -0.25) is 4.79 Å². The van der Waals surface area contributed by atoms with E-state index in [0.29, 0.717) is 38.8 Å². The van der Waals surface area contributed by atoms with E-state index in [-0.39, 0.29) is 17.0 Å². The smallest absolute Gasteiger partial charge is 0.336 e. The molecule has 0 saturated carbocycles. The zero-order chi connectivity index (χ0) is 23.0. The molecule has 3 N–H and O–H groups in total. The van der Waals surface area contributed by atoms with E-state index in [2.05, 4.69) is 10.6 Å². The highest BCUT2D eigenvalue weighted by Crippen LogP contribution is 2.41. The lowest BCUT2D eigenvalue weighted by atomic mass is 9.90. The van der Waals surface area contributed by atoms with Crippen molar-refractivity contribution in [3.63, 3.8) is 0 Å². The summed E-state index contributed by atoms with van der Waals surface area (Å²) < 4.78 is 6.00. The van der Waals surface area contributed by atoms with Crippen LogP contribution >= 0.6 is 12.2 Å². The number of aryl methyl sites for hydroxylation is 1. The molecule has 1 heterocycles. The molecule has 7 heteroatoms. The summed E-state index contributed by atoms with van der Waals surface area (Å²) in [6.07, 6.45) is 0. The van der Waals surface area contributed by atoms with Crippen molar-refractivity contribution in [3.05, 3.63) is 75.9 Å². The minimum absolute atomic E-state index is 0.114. The van der Waals surface area contributed by atoms with Gasteiger partial charge in [0, 0.05) is 34.3 Å². The molecular weight excluding hydrogens is 424 g/mol. The normalized spacial score (nSPS) is 11.1. The molecule has 0 radical (unpaired) electrons. The van der Waals surface area contributed by atoms with Crippen LogP contribution in [0.15, 0.2) is 63.8 Å². The highest BCUT2D eigenvalue weighted by atomic mass is 32.1. The predicted octanol–water partition coefficient (Wildman–Crippen LogP) is 5.27. The fourth-order valence-corrected chi connectivity index (χ4v) is 4.07. The topological polar surface area (TPSA) is 91.6 Å². The number of carboxylic acid groups (broad SMARTS) is 1. The molecule has 1 aliphatic carbocycles. The fourth-order valence-electron chi connectivity index (χ4n) is 3.71. The molecule has 0 saturated heterocycles. The van der Waals surface area contributed by atoms with Crippen molar-refractivity contribution in [1.29, 1.82) is 0 Å². The van der Waals surface area contributed by atoms with Gasteiger partial charge in [-0.05, 0) is 74.4 Å². The molecule has 0 unspecified atom stereocenters. The first kappa shape index (κ1) is 21.5. The molecule has 0 atom stereocenters. The quantitative estimate of drug-likeness (QED) is 0.291. The molecule has 0 amide bonds. The van der Waals surface area contributed by atoms with Crippen LogP contribution in [-0.2, 0) is 0 Å². The number of nitrogens with one attached hydrogen (secondary N) is 2. The van der Waals surface area contributed by atoms with Gasteiger partial charge in [0.1, 0.15) is 11.3 Å². The molecule has 0 fully saturated rings. The van der Waals surface area contributed by atoms with Gasteiger partial charge in [-0.1, -0.05) is 18.2 Å². The van der Waals surface area contributed by atoms with Gasteiger partial charge in [-0.25, -0.2) is 4.79 Å². The van der Waals surface area contributed by atoms with Gasteiger partial charge < -0.3 is 20.2 Å². The molecule has 2 aromatic rings. The van der Waals surface area contributed by atoms with Crippen LogP contribution in [0.25, 0.3) is 33.4 Å². The Morgan fingerprint density at radius 1 is 1.03 bits per heavy atom. The Bertz CT molecular complexity index is 1390. The van der Waals surface area contributed by atoms with E-state index in [1.54, 1.807) is 24.3 Å². The summed E-state index contributed by atoms with van der Waals surface area (Å²) >= 11 is 5.29. The third kappa shape index (κ3) is 4.20. The van der Waals surface area contributed by atoms with Crippen LogP contribution in [-0.4, -0.2) is 22.2 Å². The zero-order valence-corrected chi connectivity index (χ0v) is 18.7. The van der Waals surface area contributed by atoms with Crippen LogP contribution in [0.5, 0.6) is 0 Å². The monoisotopic (exact) mass is 446 g/mol. The SMILES string of the molecule is Cc1ccc2c(-c3ccc(NC(=S)NC(C)C)cc3C(=O)O)c3ccc(=O)cc-3oc2c1. The van der Waals surface area contributed by atoms with Crippen LogP contribution in [0.3, 0.4) is 0 Å². The first-order chi connectivity index (χ1) is 15.2. The number of rotatable bonds is 4. The third-order valence-corrected chi connectivity index (χ3v) is 5.27. The second-order valence-electron chi connectivity index (χ2n) is 7.95. The molecular formula is C25H22N2O4S. The minimum atomic E-state index is -1.07. The molecule has 162 valence electrons. The molecule has 2 aromatic carbocycles. The molecule has 1 aliphatic heterocycles. The summed E-state index contributed by atoms with van der Waals surface area (Å²) in [6, 6.07) is 15.5. The Balaban J connectivity index is 1.96. The lowest BCUT2D eigenvalue weighted by Crippen LogP contribution is -2.33. The van der Waals surface area contributed by atoms with E-state index in [0.717, 1.165) is 10.9 Å². The highest BCUT2D eigenvalue weighted by molar-refractivity contribution is 7.80. The number of carbonyl (C=O) groups is 1. The average molecular weight is 447 g/mol. The first-order valence-corrected chi connectivity index (χ1v) is 10.6. The lowest BCUT2D eigenvalue weighted by Gasteiger charge is -2.18. The molecule has 0 aromatic heterocycles. The molecule has 2 aliphatic rings. The fraction of sp³-hybridized carbons (Fsp3) is 0.160. The summed E-state index contributed by atoms with van der Waals surface area (Å²) in [4.78, 5) is 24.2. The van der Waals surface area contributed by atoms with Gasteiger partial charge >= 0.3 is 5.97 Å². The molecule has 0 bridgehead atoms. The average Bonchev–Trinajstić information content (AvgIpc) is 2.71. The van der Waals surface area contributed by atoms with Crippen LogP contribution in [0.4, 0.5) is 5.69 Å². The summed E-state index contributed by atoms with van der Waals surface area (Å²) in [5.41, 5.74) is 3.98. The summed E-state index contributed by atoms with van der Waals surface area (Å²) in [5.74, 6) is -0.660. The Hall–Kier alpha value is -3.71.